The van der Waals surface area contributed by atoms with Crippen molar-refractivity contribution in [3.8, 4) is 0 Å². The molecule has 166 valence electrons. The average Bonchev–Trinajstić information content (AvgIpc) is 2.73. The summed E-state index contributed by atoms with van der Waals surface area (Å²) < 4.78 is 5.71. The van der Waals surface area contributed by atoms with Gasteiger partial charge >= 0.3 is 0 Å². The highest BCUT2D eigenvalue weighted by Gasteiger charge is 2.11. The van der Waals surface area contributed by atoms with Gasteiger partial charge < -0.3 is 15.4 Å². The van der Waals surface area contributed by atoms with E-state index in [9.17, 15) is 4.79 Å². The molecule has 0 atom stereocenters. The van der Waals surface area contributed by atoms with Gasteiger partial charge in [-0.2, -0.15) is 0 Å². The van der Waals surface area contributed by atoms with Crippen LogP contribution in [0, 0.1) is 0 Å². The number of hydrogen-bond acceptors (Lipinski definition) is 3. The second kappa shape index (κ2) is 18.5. The number of unbranched alkanes of at least 4 members (excludes halogenated alkanes) is 12. The molecule has 0 radical (unpaired) electrons. The van der Waals surface area contributed by atoms with E-state index in [4.69, 9.17) is 10.5 Å². The lowest BCUT2D eigenvalue weighted by Crippen LogP contribution is -2.30. The van der Waals surface area contributed by atoms with E-state index >= 15 is 0 Å². The van der Waals surface area contributed by atoms with Gasteiger partial charge in [-0.15, -0.1) is 0 Å². The lowest BCUT2D eigenvalue weighted by atomic mass is 10.1. The summed E-state index contributed by atoms with van der Waals surface area (Å²) >= 11 is 0. The first kappa shape index (κ1) is 25.5. The quantitative estimate of drug-likeness (QED) is 0.205. The van der Waals surface area contributed by atoms with Gasteiger partial charge in [0.25, 0.3) is 0 Å². The molecule has 2 N–H and O–H groups in total. The summed E-state index contributed by atoms with van der Waals surface area (Å²) in [5.74, 6) is -0.354. The molecule has 0 aromatic heterocycles. The van der Waals surface area contributed by atoms with Crippen molar-refractivity contribution in [2.75, 3.05) is 19.9 Å². The monoisotopic (exact) mass is 404 g/mol. The maximum atomic E-state index is 11.2. The van der Waals surface area contributed by atoms with Crippen LogP contribution >= 0.6 is 0 Å². The first-order valence-electron chi connectivity index (χ1n) is 11.9. The van der Waals surface area contributed by atoms with E-state index in [1.807, 2.05) is 17.2 Å². The Kier molecular flexibility index (Phi) is 16.2. The number of rotatable bonds is 19. The largest absolute Gasteiger partial charge is 0.366 e. The number of amides is 1. The Morgan fingerprint density at radius 1 is 0.966 bits per heavy atom. The molecule has 0 saturated carbocycles. The highest BCUT2D eigenvalue weighted by molar-refractivity contribution is 5.92. The van der Waals surface area contributed by atoms with E-state index in [-0.39, 0.29) is 5.91 Å². The number of hydrogen-bond donors (Lipinski definition) is 1. The smallest absolute Gasteiger partial charge is 0.246 e. The minimum atomic E-state index is -0.354. The molecule has 1 heterocycles. The number of nitrogens with zero attached hydrogens (tertiary/aromatic N) is 1. The predicted molar refractivity (Wildman–Crippen MR) is 123 cm³/mol. The molecule has 0 bridgehead atoms. The normalized spacial score (nSPS) is 14.0. The summed E-state index contributed by atoms with van der Waals surface area (Å²) in [6.45, 7) is 4.11. The van der Waals surface area contributed by atoms with Gasteiger partial charge in [-0.3, -0.25) is 4.79 Å². The second-order valence-electron chi connectivity index (χ2n) is 8.12. The van der Waals surface area contributed by atoms with Crippen LogP contribution in [0.2, 0.25) is 0 Å². The molecule has 29 heavy (non-hydrogen) atoms. The van der Waals surface area contributed by atoms with Crippen molar-refractivity contribution in [2.24, 2.45) is 5.73 Å². The minimum Gasteiger partial charge on any atom is -0.366 e. The minimum absolute atomic E-state index is 0.354. The van der Waals surface area contributed by atoms with Crippen LogP contribution in [0.4, 0.5) is 0 Å². The van der Waals surface area contributed by atoms with E-state index < -0.39 is 0 Å². The SMILES string of the molecule is CCCCCCCC/C=C\CCCCCCCCOCN1C=CC=C(C(N)=O)C1. The topological polar surface area (TPSA) is 55.6 Å². The van der Waals surface area contributed by atoms with Gasteiger partial charge in [0.1, 0.15) is 6.73 Å². The molecule has 0 aromatic carbocycles. The molecular weight excluding hydrogens is 360 g/mol. The van der Waals surface area contributed by atoms with Crippen LogP contribution in [-0.4, -0.2) is 30.7 Å². The van der Waals surface area contributed by atoms with Crippen LogP contribution in [-0.2, 0) is 9.53 Å². The Bertz CT molecular complexity index is 497. The molecular formula is C25H44N2O2. The summed E-state index contributed by atoms with van der Waals surface area (Å²) in [5, 5.41) is 0. The van der Waals surface area contributed by atoms with E-state index in [2.05, 4.69) is 19.1 Å². The van der Waals surface area contributed by atoms with Crippen LogP contribution in [0.5, 0.6) is 0 Å². The molecule has 1 aliphatic heterocycles. The summed E-state index contributed by atoms with van der Waals surface area (Å²) in [6.07, 6.45) is 28.8. The number of carbonyl (C=O) groups is 1. The van der Waals surface area contributed by atoms with E-state index in [1.54, 1.807) is 6.08 Å². The maximum Gasteiger partial charge on any atom is 0.246 e. The third-order valence-corrected chi connectivity index (χ3v) is 5.34. The second-order valence-corrected chi connectivity index (χ2v) is 8.12. The number of primary amides is 1. The fraction of sp³-hybridized carbons (Fsp3) is 0.720. The maximum absolute atomic E-state index is 11.2. The van der Waals surface area contributed by atoms with Crippen LogP contribution < -0.4 is 5.73 Å². The first-order chi connectivity index (χ1) is 14.2. The number of ether oxygens (including phenoxy) is 1. The molecule has 0 unspecified atom stereocenters. The Morgan fingerprint density at radius 3 is 2.17 bits per heavy atom. The van der Waals surface area contributed by atoms with Crippen LogP contribution in [0.1, 0.15) is 96.8 Å². The highest BCUT2D eigenvalue weighted by atomic mass is 16.5. The molecule has 1 amide bonds. The molecule has 0 saturated heterocycles. The predicted octanol–water partition coefficient (Wildman–Crippen LogP) is 6.24. The lowest BCUT2D eigenvalue weighted by Gasteiger charge is -2.23. The lowest BCUT2D eigenvalue weighted by molar-refractivity contribution is -0.114. The summed E-state index contributed by atoms with van der Waals surface area (Å²) in [7, 11) is 0. The van der Waals surface area contributed by atoms with Gasteiger partial charge in [0.05, 0.1) is 6.54 Å². The van der Waals surface area contributed by atoms with Gasteiger partial charge in [0.15, 0.2) is 0 Å². The number of allylic oxidation sites excluding steroid dienone is 4. The molecule has 4 nitrogen and oxygen atoms in total. The van der Waals surface area contributed by atoms with Crippen molar-refractivity contribution in [1.82, 2.24) is 4.90 Å². The third-order valence-electron chi connectivity index (χ3n) is 5.34. The van der Waals surface area contributed by atoms with E-state index in [0.29, 0.717) is 18.8 Å². The summed E-state index contributed by atoms with van der Waals surface area (Å²) in [5.41, 5.74) is 5.95. The Morgan fingerprint density at radius 2 is 1.55 bits per heavy atom. The average molecular weight is 405 g/mol. The molecule has 0 fully saturated rings. The highest BCUT2D eigenvalue weighted by Crippen LogP contribution is 2.11. The van der Waals surface area contributed by atoms with Gasteiger partial charge in [0, 0.05) is 18.4 Å². The Hall–Kier alpha value is -1.55. The van der Waals surface area contributed by atoms with Gasteiger partial charge in [-0.05, 0) is 38.2 Å². The Labute approximate surface area is 179 Å². The zero-order valence-electron chi connectivity index (χ0n) is 18.7. The van der Waals surface area contributed by atoms with Gasteiger partial charge in [-0.1, -0.05) is 82.9 Å². The van der Waals surface area contributed by atoms with Crippen LogP contribution in [0.15, 0.2) is 36.1 Å². The zero-order valence-corrected chi connectivity index (χ0v) is 18.7. The first-order valence-corrected chi connectivity index (χ1v) is 11.9. The molecule has 4 heteroatoms. The van der Waals surface area contributed by atoms with Crippen molar-refractivity contribution >= 4 is 5.91 Å². The summed E-state index contributed by atoms with van der Waals surface area (Å²) in [6, 6.07) is 0. The molecule has 0 spiro atoms. The Balaban J connectivity index is 1.79. The number of carbonyl (C=O) groups excluding carboxylic acids is 1. The summed E-state index contributed by atoms with van der Waals surface area (Å²) in [4.78, 5) is 13.2. The van der Waals surface area contributed by atoms with Gasteiger partial charge in [-0.25, -0.2) is 0 Å². The molecule has 1 rings (SSSR count). The van der Waals surface area contributed by atoms with Crippen LogP contribution in [0.3, 0.4) is 0 Å². The molecule has 0 aliphatic carbocycles. The van der Waals surface area contributed by atoms with E-state index in [0.717, 1.165) is 13.0 Å². The van der Waals surface area contributed by atoms with Crippen molar-refractivity contribution in [1.29, 1.82) is 0 Å². The van der Waals surface area contributed by atoms with Gasteiger partial charge in [0.2, 0.25) is 5.91 Å². The molecule has 0 aromatic rings. The van der Waals surface area contributed by atoms with Crippen molar-refractivity contribution < 1.29 is 9.53 Å². The standard InChI is InChI=1S/C25H44N2O2/c1-2-3-4-5-6-7-8-9-10-11-12-13-14-15-16-17-21-29-23-27-20-18-19-24(22-27)25(26)28/h9-10,18-20H,2-8,11-17,21-23H2,1H3,(H2,26,28)/b10-9-. The fourth-order valence-electron chi connectivity index (χ4n) is 3.49. The van der Waals surface area contributed by atoms with E-state index in [1.165, 1.54) is 83.5 Å². The van der Waals surface area contributed by atoms with Crippen molar-refractivity contribution in [2.45, 2.75) is 96.8 Å². The third kappa shape index (κ3) is 15.0. The molecule has 1 aliphatic rings. The number of nitrogens with two attached hydrogens (primary N) is 1. The van der Waals surface area contributed by atoms with Crippen LogP contribution in [0.25, 0.3) is 0 Å². The van der Waals surface area contributed by atoms with Crippen molar-refractivity contribution in [3.05, 3.63) is 36.1 Å². The zero-order chi connectivity index (χ0) is 21.0. The van der Waals surface area contributed by atoms with Crippen molar-refractivity contribution in [3.63, 3.8) is 0 Å². The fourth-order valence-corrected chi connectivity index (χ4v) is 3.49.